The van der Waals surface area contributed by atoms with E-state index in [-0.39, 0.29) is 12.1 Å². The summed E-state index contributed by atoms with van der Waals surface area (Å²) in [5.41, 5.74) is -0.442. The number of amides is 1. The second-order valence-electron chi connectivity index (χ2n) is 5.60. The fraction of sp³-hybridized carbons (Fsp3) is 0.923. The summed E-state index contributed by atoms with van der Waals surface area (Å²) in [5.74, 6) is 0. The molecule has 1 atom stereocenters. The summed E-state index contributed by atoms with van der Waals surface area (Å²) in [7, 11) is 1.49. The minimum Gasteiger partial charge on any atom is -0.444 e. The van der Waals surface area contributed by atoms with Crippen LogP contribution in [0.5, 0.6) is 0 Å². The monoisotopic (exact) mass is 259 g/mol. The Kier molecular flexibility index (Phi) is 5.88. The van der Waals surface area contributed by atoms with Gasteiger partial charge >= 0.3 is 6.09 Å². The van der Waals surface area contributed by atoms with Crippen molar-refractivity contribution in [3.05, 3.63) is 0 Å². The normalized spacial score (nSPS) is 20.9. The molecule has 1 rings (SSSR count). The summed E-state index contributed by atoms with van der Waals surface area (Å²) in [5, 5.41) is 0. The van der Waals surface area contributed by atoms with E-state index >= 15 is 0 Å². The number of rotatable bonds is 4. The van der Waals surface area contributed by atoms with Crippen molar-refractivity contribution in [2.75, 3.05) is 20.3 Å². The molecule has 18 heavy (non-hydrogen) atoms. The lowest BCUT2D eigenvalue weighted by molar-refractivity contribution is -0.274. The van der Waals surface area contributed by atoms with Crippen LogP contribution in [0.3, 0.4) is 0 Å². The topological polar surface area (TPSA) is 48.0 Å². The molecule has 1 fully saturated rings. The lowest BCUT2D eigenvalue weighted by Crippen LogP contribution is -2.46. The molecule has 0 bridgehead atoms. The van der Waals surface area contributed by atoms with Crippen LogP contribution in [-0.2, 0) is 14.5 Å². The average Bonchev–Trinajstić information content (AvgIpc) is 2.27. The molecule has 0 aromatic heterocycles. The molecule has 0 spiro atoms. The van der Waals surface area contributed by atoms with Crippen molar-refractivity contribution in [1.29, 1.82) is 0 Å². The van der Waals surface area contributed by atoms with Crippen LogP contribution >= 0.6 is 0 Å². The molecule has 0 aliphatic carbocycles. The standard InChI is InChI=1S/C13H25NO4/c1-13(2,3)18-12(15)14-9-6-5-7-11(14)8-10-17-16-4/h11H,5-10H2,1-4H3/t11-/m0/s1. The Labute approximate surface area is 109 Å². The van der Waals surface area contributed by atoms with E-state index in [1.165, 1.54) is 7.11 Å². The zero-order chi connectivity index (χ0) is 13.6. The fourth-order valence-electron chi connectivity index (χ4n) is 2.13. The SMILES string of the molecule is COOCC[C@@H]1CCCCN1C(=O)OC(C)(C)C. The first-order valence-electron chi connectivity index (χ1n) is 6.59. The fourth-order valence-corrected chi connectivity index (χ4v) is 2.13. The molecule has 106 valence electrons. The minimum atomic E-state index is -0.442. The summed E-state index contributed by atoms with van der Waals surface area (Å²) >= 11 is 0. The highest BCUT2D eigenvalue weighted by Gasteiger charge is 2.30. The average molecular weight is 259 g/mol. The van der Waals surface area contributed by atoms with Crippen LogP contribution < -0.4 is 0 Å². The first-order valence-corrected chi connectivity index (χ1v) is 6.59. The Bertz CT molecular complexity index is 262. The van der Waals surface area contributed by atoms with Gasteiger partial charge < -0.3 is 9.64 Å². The zero-order valence-corrected chi connectivity index (χ0v) is 11.9. The molecular weight excluding hydrogens is 234 g/mol. The van der Waals surface area contributed by atoms with Gasteiger partial charge in [0.05, 0.1) is 13.7 Å². The highest BCUT2D eigenvalue weighted by atomic mass is 17.2. The van der Waals surface area contributed by atoms with Crippen molar-refractivity contribution in [2.24, 2.45) is 0 Å². The Morgan fingerprint density at radius 2 is 2.06 bits per heavy atom. The second kappa shape index (κ2) is 6.95. The van der Waals surface area contributed by atoms with E-state index in [0.29, 0.717) is 6.61 Å². The number of piperidine rings is 1. The molecule has 1 aliphatic rings. The van der Waals surface area contributed by atoms with Gasteiger partial charge in [-0.1, -0.05) is 0 Å². The van der Waals surface area contributed by atoms with Gasteiger partial charge in [-0.05, 0) is 46.5 Å². The molecule has 0 radical (unpaired) electrons. The Morgan fingerprint density at radius 1 is 1.33 bits per heavy atom. The molecule has 1 amide bonds. The van der Waals surface area contributed by atoms with Crippen LogP contribution in [0.1, 0.15) is 46.5 Å². The summed E-state index contributed by atoms with van der Waals surface area (Å²) in [6, 6.07) is 0.198. The van der Waals surface area contributed by atoms with Gasteiger partial charge in [0.25, 0.3) is 0 Å². The van der Waals surface area contributed by atoms with Crippen molar-refractivity contribution in [3.8, 4) is 0 Å². The van der Waals surface area contributed by atoms with Gasteiger partial charge in [0.1, 0.15) is 5.60 Å². The van der Waals surface area contributed by atoms with Gasteiger partial charge in [0.2, 0.25) is 0 Å². The van der Waals surface area contributed by atoms with Crippen LogP contribution in [0.15, 0.2) is 0 Å². The van der Waals surface area contributed by atoms with E-state index in [9.17, 15) is 4.79 Å². The van der Waals surface area contributed by atoms with Crippen molar-refractivity contribution < 1.29 is 19.3 Å². The van der Waals surface area contributed by atoms with E-state index in [1.807, 2.05) is 25.7 Å². The number of likely N-dealkylation sites (tertiary alicyclic amines) is 1. The van der Waals surface area contributed by atoms with Gasteiger partial charge in [-0.3, -0.25) is 0 Å². The quantitative estimate of drug-likeness (QED) is 0.442. The van der Waals surface area contributed by atoms with Crippen LogP contribution in [0.4, 0.5) is 4.79 Å². The van der Waals surface area contributed by atoms with Crippen LogP contribution in [0.2, 0.25) is 0 Å². The second-order valence-corrected chi connectivity index (χ2v) is 5.60. The van der Waals surface area contributed by atoms with Gasteiger partial charge in [0, 0.05) is 12.6 Å². The lowest BCUT2D eigenvalue weighted by atomic mass is 10.0. The predicted molar refractivity (Wildman–Crippen MR) is 68.2 cm³/mol. The minimum absolute atomic E-state index is 0.198. The van der Waals surface area contributed by atoms with Gasteiger partial charge in [-0.25, -0.2) is 14.6 Å². The number of carbonyl (C=O) groups excluding carboxylic acids is 1. The molecule has 0 aromatic carbocycles. The number of ether oxygens (including phenoxy) is 1. The molecule has 0 N–H and O–H groups in total. The molecule has 1 aliphatic heterocycles. The summed E-state index contributed by atoms with van der Waals surface area (Å²) in [6.07, 6.45) is 3.77. The first-order chi connectivity index (χ1) is 8.44. The Balaban J connectivity index is 2.50. The van der Waals surface area contributed by atoms with Crippen LogP contribution in [0.25, 0.3) is 0 Å². The number of nitrogens with zero attached hydrogens (tertiary/aromatic N) is 1. The first kappa shape index (κ1) is 15.2. The molecule has 0 aromatic rings. The third-order valence-electron chi connectivity index (χ3n) is 2.91. The highest BCUT2D eigenvalue weighted by molar-refractivity contribution is 5.68. The Morgan fingerprint density at radius 3 is 2.67 bits per heavy atom. The largest absolute Gasteiger partial charge is 0.444 e. The maximum atomic E-state index is 12.1. The van der Waals surface area contributed by atoms with Crippen molar-refractivity contribution in [3.63, 3.8) is 0 Å². The maximum Gasteiger partial charge on any atom is 0.410 e. The van der Waals surface area contributed by atoms with Crippen LogP contribution in [-0.4, -0.2) is 42.9 Å². The zero-order valence-electron chi connectivity index (χ0n) is 11.9. The van der Waals surface area contributed by atoms with E-state index in [1.54, 1.807) is 0 Å². The molecule has 5 heteroatoms. The van der Waals surface area contributed by atoms with E-state index in [2.05, 4.69) is 4.89 Å². The molecule has 5 nitrogen and oxygen atoms in total. The molecule has 1 heterocycles. The van der Waals surface area contributed by atoms with Crippen molar-refractivity contribution in [2.45, 2.75) is 58.1 Å². The van der Waals surface area contributed by atoms with E-state index < -0.39 is 5.60 Å². The molecule has 1 saturated heterocycles. The lowest BCUT2D eigenvalue weighted by Gasteiger charge is -2.36. The highest BCUT2D eigenvalue weighted by Crippen LogP contribution is 2.22. The summed E-state index contributed by atoms with van der Waals surface area (Å²) in [6.45, 7) is 6.93. The van der Waals surface area contributed by atoms with Crippen molar-refractivity contribution >= 4 is 6.09 Å². The summed E-state index contributed by atoms with van der Waals surface area (Å²) in [4.78, 5) is 23.4. The van der Waals surface area contributed by atoms with Gasteiger partial charge in [-0.2, -0.15) is 0 Å². The van der Waals surface area contributed by atoms with Gasteiger partial charge in [0.15, 0.2) is 0 Å². The molecule has 0 unspecified atom stereocenters. The molecular formula is C13H25NO4. The van der Waals surface area contributed by atoms with Crippen LogP contribution in [0, 0.1) is 0 Å². The predicted octanol–water partition coefficient (Wildman–Crippen LogP) is 2.74. The summed E-state index contributed by atoms with van der Waals surface area (Å²) < 4.78 is 5.43. The van der Waals surface area contributed by atoms with Gasteiger partial charge in [-0.15, -0.1) is 0 Å². The smallest absolute Gasteiger partial charge is 0.410 e. The van der Waals surface area contributed by atoms with E-state index in [4.69, 9.17) is 9.62 Å². The van der Waals surface area contributed by atoms with E-state index in [0.717, 1.165) is 32.2 Å². The number of hydrogen-bond donors (Lipinski definition) is 0. The number of carbonyl (C=O) groups is 1. The number of hydrogen-bond acceptors (Lipinski definition) is 4. The third kappa shape index (κ3) is 5.23. The maximum absolute atomic E-state index is 12.1. The third-order valence-corrected chi connectivity index (χ3v) is 2.91. The van der Waals surface area contributed by atoms with Crippen molar-refractivity contribution in [1.82, 2.24) is 4.90 Å². The molecule has 0 saturated carbocycles. The Hall–Kier alpha value is -0.810.